The maximum atomic E-state index is 13.6. The Morgan fingerprint density at radius 2 is 1.47 bits per heavy atom. The molecule has 6 nitrogen and oxygen atoms in total. The molecule has 5 rings (SSSR count). The molecule has 0 spiro atoms. The summed E-state index contributed by atoms with van der Waals surface area (Å²) in [7, 11) is 0. The second kappa shape index (κ2) is 8.76. The van der Waals surface area contributed by atoms with Crippen LogP contribution in [0, 0.1) is 12.7 Å². The van der Waals surface area contributed by atoms with E-state index in [-0.39, 0.29) is 18.0 Å². The van der Waals surface area contributed by atoms with Crippen LogP contribution in [0.1, 0.15) is 16.7 Å². The average molecular weight is 475 g/mol. The molecular formula is C26H20ClFN4O2. The highest BCUT2D eigenvalue weighted by molar-refractivity contribution is 6.30. The standard InChI is InChI=1S/C26H20ClFN4O2/c1-17-2-4-18(5-3-17)14-30-16-29-24-23(30)25(33)31(15-19-6-10-21(28)11-7-19)26(34)32(24)22-12-8-20(27)9-13-22/h2-13,16H,14-15H2,1H3. The van der Waals surface area contributed by atoms with Crippen LogP contribution in [0.15, 0.2) is 88.7 Å². The first-order valence-electron chi connectivity index (χ1n) is 10.7. The molecule has 0 bridgehead atoms. The van der Waals surface area contributed by atoms with Crippen LogP contribution in [-0.2, 0) is 13.1 Å². The van der Waals surface area contributed by atoms with Gasteiger partial charge < -0.3 is 4.57 Å². The minimum absolute atomic E-state index is 0.00279. The molecule has 0 aliphatic rings. The van der Waals surface area contributed by atoms with Gasteiger partial charge in [0.2, 0.25) is 0 Å². The molecule has 0 saturated heterocycles. The molecular weight excluding hydrogens is 455 g/mol. The van der Waals surface area contributed by atoms with E-state index in [2.05, 4.69) is 4.98 Å². The Morgan fingerprint density at radius 3 is 2.15 bits per heavy atom. The van der Waals surface area contributed by atoms with Crippen LogP contribution in [0.25, 0.3) is 16.9 Å². The smallest absolute Gasteiger partial charge is 0.320 e. The van der Waals surface area contributed by atoms with Gasteiger partial charge in [0.15, 0.2) is 11.2 Å². The van der Waals surface area contributed by atoms with Gasteiger partial charge in [0.1, 0.15) is 5.82 Å². The van der Waals surface area contributed by atoms with Gasteiger partial charge in [-0.25, -0.2) is 18.7 Å². The van der Waals surface area contributed by atoms with Gasteiger partial charge in [-0.1, -0.05) is 53.6 Å². The number of rotatable bonds is 5. The van der Waals surface area contributed by atoms with E-state index in [0.29, 0.717) is 28.3 Å². The Morgan fingerprint density at radius 1 is 0.853 bits per heavy atom. The second-order valence-corrected chi connectivity index (χ2v) is 8.58. The third-order valence-electron chi connectivity index (χ3n) is 5.71. The molecule has 3 aromatic carbocycles. The number of fused-ring (bicyclic) bond motifs is 1. The second-order valence-electron chi connectivity index (χ2n) is 8.14. The first-order chi connectivity index (χ1) is 16.4. The summed E-state index contributed by atoms with van der Waals surface area (Å²) in [6.45, 7) is 2.42. The van der Waals surface area contributed by atoms with E-state index in [1.807, 2.05) is 31.2 Å². The first kappa shape index (κ1) is 21.9. The Bertz CT molecular complexity index is 1600. The molecule has 0 fully saturated rings. The number of aromatic nitrogens is 4. The van der Waals surface area contributed by atoms with Gasteiger partial charge >= 0.3 is 5.69 Å². The van der Waals surface area contributed by atoms with E-state index < -0.39 is 11.2 Å². The molecule has 0 atom stereocenters. The predicted molar refractivity (Wildman–Crippen MR) is 130 cm³/mol. The highest BCUT2D eigenvalue weighted by Gasteiger charge is 2.19. The lowest BCUT2D eigenvalue weighted by Crippen LogP contribution is -2.40. The summed E-state index contributed by atoms with van der Waals surface area (Å²) in [6, 6.07) is 20.5. The fraction of sp³-hybridized carbons (Fsp3) is 0.115. The molecule has 34 heavy (non-hydrogen) atoms. The molecule has 0 unspecified atom stereocenters. The van der Waals surface area contributed by atoms with Crippen molar-refractivity contribution >= 4 is 22.8 Å². The van der Waals surface area contributed by atoms with Crippen LogP contribution in [0.2, 0.25) is 5.02 Å². The van der Waals surface area contributed by atoms with E-state index in [0.717, 1.165) is 15.7 Å². The summed E-state index contributed by atoms with van der Waals surface area (Å²) < 4.78 is 17.7. The number of halogens is 2. The van der Waals surface area contributed by atoms with Gasteiger partial charge in [-0.2, -0.15) is 0 Å². The van der Waals surface area contributed by atoms with E-state index in [4.69, 9.17) is 11.6 Å². The Kier molecular flexibility index (Phi) is 5.63. The van der Waals surface area contributed by atoms with Crippen molar-refractivity contribution in [1.29, 1.82) is 0 Å². The maximum Gasteiger partial charge on any atom is 0.337 e. The number of nitrogens with zero attached hydrogens (tertiary/aromatic N) is 4. The van der Waals surface area contributed by atoms with Gasteiger partial charge in [-0.15, -0.1) is 0 Å². The van der Waals surface area contributed by atoms with Crippen molar-refractivity contribution in [3.05, 3.63) is 127 Å². The number of benzene rings is 3. The molecule has 0 radical (unpaired) electrons. The van der Waals surface area contributed by atoms with Crippen LogP contribution >= 0.6 is 11.6 Å². The number of aryl methyl sites for hydroxylation is 1. The average Bonchev–Trinajstić information content (AvgIpc) is 3.24. The number of hydrogen-bond acceptors (Lipinski definition) is 3. The predicted octanol–water partition coefficient (Wildman–Crippen LogP) is 4.55. The fourth-order valence-electron chi connectivity index (χ4n) is 3.92. The highest BCUT2D eigenvalue weighted by atomic mass is 35.5. The normalized spacial score (nSPS) is 11.3. The molecule has 0 aliphatic heterocycles. The van der Waals surface area contributed by atoms with Crippen LogP contribution in [0.3, 0.4) is 0 Å². The molecule has 170 valence electrons. The minimum Gasteiger partial charge on any atom is -0.320 e. The molecule has 2 aromatic heterocycles. The zero-order valence-electron chi connectivity index (χ0n) is 18.3. The lowest BCUT2D eigenvalue weighted by atomic mass is 10.1. The van der Waals surface area contributed by atoms with E-state index in [1.54, 1.807) is 47.3 Å². The van der Waals surface area contributed by atoms with Gasteiger partial charge in [0, 0.05) is 11.6 Å². The van der Waals surface area contributed by atoms with Gasteiger partial charge in [0.05, 0.1) is 18.6 Å². The SMILES string of the molecule is Cc1ccc(Cn2cnc3c2c(=O)n(Cc2ccc(F)cc2)c(=O)n3-c2ccc(Cl)cc2)cc1. The Balaban J connectivity index is 1.73. The van der Waals surface area contributed by atoms with Crippen molar-refractivity contribution in [2.75, 3.05) is 0 Å². The quantitative estimate of drug-likeness (QED) is 0.375. The summed E-state index contributed by atoms with van der Waals surface area (Å²) >= 11 is 6.05. The van der Waals surface area contributed by atoms with Crippen molar-refractivity contribution in [2.45, 2.75) is 20.0 Å². The molecule has 2 heterocycles. The third-order valence-corrected chi connectivity index (χ3v) is 5.96. The van der Waals surface area contributed by atoms with Crippen LogP contribution in [0.4, 0.5) is 4.39 Å². The monoisotopic (exact) mass is 474 g/mol. The molecule has 0 aliphatic carbocycles. The van der Waals surface area contributed by atoms with Crippen molar-refractivity contribution in [2.24, 2.45) is 0 Å². The van der Waals surface area contributed by atoms with Crippen molar-refractivity contribution in [3.8, 4) is 5.69 Å². The summed E-state index contributed by atoms with van der Waals surface area (Å²) in [6.07, 6.45) is 1.57. The van der Waals surface area contributed by atoms with Crippen molar-refractivity contribution < 1.29 is 4.39 Å². The Labute approximate surface area is 199 Å². The molecule has 0 amide bonds. The summed E-state index contributed by atoms with van der Waals surface area (Å²) in [5, 5.41) is 0.526. The first-order valence-corrected chi connectivity index (χ1v) is 11.0. The summed E-state index contributed by atoms with van der Waals surface area (Å²) in [5.41, 5.74) is 2.87. The Hall–Kier alpha value is -3.97. The lowest BCUT2D eigenvalue weighted by Gasteiger charge is -2.13. The van der Waals surface area contributed by atoms with Gasteiger partial charge in [-0.3, -0.25) is 9.36 Å². The van der Waals surface area contributed by atoms with E-state index in [1.165, 1.54) is 16.7 Å². The lowest BCUT2D eigenvalue weighted by molar-refractivity contribution is 0.624. The van der Waals surface area contributed by atoms with Gasteiger partial charge in [-0.05, 0) is 54.4 Å². The van der Waals surface area contributed by atoms with Crippen molar-refractivity contribution in [1.82, 2.24) is 18.7 Å². The molecule has 0 N–H and O–H groups in total. The van der Waals surface area contributed by atoms with Crippen LogP contribution in [-0.4, -0.2) is 18.7 Å². The number of imidazole rings is 1. The van der Waals surface area contributed by atoms with Crippen molar-refractivity contribution in [3.63, 3.8) is 0 Å². The third kappa shape index (κ3) is 4.06. The van der Waals surface area contributed by atoms with E-state index >= 15 is 0 Å². The number of hydrogen-bond donors (Lipinski definition) is 0. The summed E-state index contributed by atoms with van der Waals surface area (Å²) in [4.78, 5) is 31.6. The molecule has 0 saturated carbocycles. The molecule has 5 aromatic rings. The highest BCUT2D eigenvalue weighted by Crippen LogP contribution is 2.17. The van der Waals surface area contributed by atoms with Gasteiger partial charge in [0.25, 0.3) is 5.56 Å². The molecule has 8 heteroatoms. The topological polar surface area (TPSA) is 61.8 Å². The largest absolute Gasteiger partial charge is 0.337 e. The van der Waals surface area contributed by atoms with E-state index in [9.17, 15) is 14.0 Å². The fourth-order valence-corrected chi connectivity index (χ4v) is 4.05. The summed E-state index contributed by atoms with van der Waals surface area (Å²) in [5.74, 6) is -0.388. The van der Waals surface area contributed by atoms with Crippen LogP contribution < -0.4 is 11.2 Å². The minimum atomic E-state index is -0.537. The maximum absolute atomic E-state index is 13.6. The zero-order chi connectivity index (χ0) is 23.8. The van der Waals surface area contributed by atoms with Crippen LogP contribution in [0.5, 0.6) is 0 Å². The zero-order valence-corrected chi connectivity index (χ0v) is 19.0.